The number of alkyl carbamates (subject to hydrolysis) is 1. The molecule has 1 aliphatic rings. The number of nitrogens with one attached hydrogen (secondary N) is 2. The van der Waals surface area contributed by atoms with Crippen LogP contribution < -0.4 is 10.6 Å². The van der Waals surface area contributed by atoms with Crippen LogP contribution in [-0.2, 0) is 4.74 Å². The molecule has 0 spiro atoms. The number of hydrogen-bond donors (Lipinski definition) is 2. The molecule has 0 saturated heterocycles. The second-order valence-electron chi connectivity index (χ2n) is 6.74. The maximum absolute atomic E-state index is 13.8. The predicted molar refractivity (Wildman–Crippen MR) is 88.5 cm³/mol. The zero-order valence-electron chi connectivity index (χ0n) is 13.4. The maximum atomic E-state index is 13.8. The summed E-state index contributed by atoms with van der Waals surface area (Å²) in [4.78, 5) is 11.7. The molecule has 4 nitrogen and oxygen atoms in total. The second-order valence-corrected chi connectivity index (χ2v) is 7.60. The van der Waals surface area contributed by atoms with Gasteiger partial charge in [-0.1, -0.05) is 0 Å². The fraction of sp³-hybridized carbons (Fsp3) is 0.562. The molecule has 0 bridgehead atoms. The average molecular weight is 391 g/mol. The Labute approximate surface area is 143 Å². The van der Waals surface area contributed by atoms with Crippen LogP contribution in [0.15, 0.2) is 16.6 Å². The fourth-order valence-electron chi connectivity index (χ4n) is 2.57. The van der Waals surface area contributed by atoms with Crippen LogP contribution in [0.1, 0.15) is 40.0 Å². The molecule has 1 aromatic carbocycles. The summed E-state index contributed by atoms with van der Waals surface area (Å²) >= 11 is 2.95. The lowest BCUT2D eigenvalue weighted by Gasteiger charge is -2.22. The van der Waals surface area contributed by atoms with Crippen LogP contribution in [0.3, 0.4) is 0 Å². The van der Waals surface area contributed by atoms with E-state index in [9.17, 15) is 13.6 Å². The van der Waals surface area contributed by atoms with Crippen molar-refractivity contribution in [2.24, 2.45) is 0 Å². The van der Waals surface area contributed by atoms with Crippen molar-refractivity contribution in [3.05, 3.63) is 28.2 Å². The summed E-state index contributed by atoms with van der Waals surface area (Å²) in [6.07, 6.45) is 1.70. The molecule has 7 heteroatoms. The summed E-state index contributed by atoms with van der Waals surface area (Å²) in [6.45, 7) is 5.41. The number of benzene rings is 1. The average Bonchev–Trinajstić information content (AvgIpc) is 2.80. The van der Waals surface area contributed by atoms with E-state index < -0.39 is 23.3 Å². The summed E-state index contributed by atoms with van der Waals surface area (Å²) in [5, 5.41) is 5.81. The van der Waals surface area contributed by atoms with Crippen LogP contribution in [0.2, 0.25) is 0 Å². The Morgan fingerprint density at radius 1 is 1.22 bits per heavy atom. The van der Waals surface area contributed by atoms with Crippen molar-refractivity contribution in [1.29, 1.82) is 0 Å². The van der Waals surface area contributed by atoms with Gasteiger partial charge in [-0.2, -0.15) is 0 Å². The molecule has 1 saturated carbocycles. The highest BCUT2D eigenvalue weighted by Gasteiger charge is 2.28. The lowest BCUT2D eigenvalue weighted by Crippen LogP contribution is -2.38. The van der Waals surface area contributed by atoms with Gasteiger partial charge in [0.2, 0.25) is 0 Å². The molecule has 0 heterocycles. The Hall–Kier alpha value is -1.37. The van der Waals surface area contributed by atoms with Gasteiger partial charge in [-0.05, 0) is 62.0 Å². The molecular weight excluding hydrogens is 370 g/mol. The van der Waals surface area contributed by atoms with Crippen LogP contribution >= 0.6 is 15.9 Å². The number of carbonyl (C=O) groups excluding carboxylic acids is 1. The number of carbonyl (C=O) groups is 1. The highest BCUT2D eigenvalue weighted by molar-refractivity contribution is 9.10. The first-order valence-electron chi connectivity index (χ1n) is 7.54. The van der Waals surface area contributed by atoms with Gasteiger partial charge in [0, 0.05) is 18.2 Å². The van der Waals surface area contributed by atoms with Gasteiger partial charge in [0.15, 0.2) is 0 Å². The lowest BCUT2D eigenvalue weighted by molar-refractivity contribution is 0.0505. The fourth-order valence-corrected chi connectivity index (χ4v) is 2.89. The van der Waals surface area contributed by atoms with Gasteiger partial charge >= 0.3 is 6.09 Å². The summed E-state index contributed by atoms with van der Waals surface area (Å²) < 4.78 is 32.7. The second kappa shape index (κ2) is 7.03. The molecule has 1 fully saturated rings. The van der Waals surface area contributed by atoms with Crippen molar-refractivity contribution < 1.29 is 18.3 Å². The molecule has 23 heavy (non-hydrogen) atoms. The Balaban J connectivity index is 1.89. The molecule has 1 aliphatic carbocycles. The number of amides is 1. The van der Waals surface area contributed by atoms with Gasteiger partial charge in [-0.25, -0.2) is 13.6 Å². The lowest BCUT2D eigenvalue weighted by atomic mass is 10.2. The van der Waals surface area contributed by atoms with E-state index in [4.69, 9.17) is 4.74 Å². The third kappa shape index (κ3) is 5.34. The zero-order valence-corrected chi connectivity index (χ0v) is 15.0. The molecule has 0 radical (unpaired) electrons. The van der Waals surface area contributed by atoms with E-state index in [-0.39, 0.29) is 22.2 Å². The number of halogens is 3. The van der Waals surface area contributed by atoms with E-state index in [1.165, 1.54) is 0 Å². The Morgan fingerprint density at radius 3 is 2.52 bits per heavy atom. The molecule has 128 valence electrons. The Bertz CT molecular complexity index is 590. The third-order valence-electron chi connectivity index (χ3n) is 3.52. The molecule has 2 unspecified atom stereocenters. The molecule has 1 aromatic rings. The first-order chi connectivity index (χ1) is 10.6. The van der Waals surface area contributed by atoms with Crippen molar-refractivity contribution in [3.8, 4) is 0 Å². The first-order valence-corrected chi connectivity index (χ1v) is 8.34. The van der Waals surface area contributed by atoms with Crippen LogP contribution in [0.25, 0.3) is 0 Å². The van der Waals surface area contributed by atoms with E-state index in [1.807, 2.05) is 0 Å². The largest absolute Gasteiger partial charge is 0.444 e. The van der Waals surface area contributed by atoms with Crippen LogP contribution in [0.4, 0.5) is 19.3 Å². The summed E-state index contributed by atoms with van der Waals surface area (Å²) in [7, 11) is 0. The minimum atomic E-state index is -0.543. The van der Waals surface area contributed by atoms with Crippen molar-refractivity contribution in [2.45, 2.75) is 57.7 Å². The predicted octanol–water partition coefficient (Wildman–Crippen LogP) is 4.59. The van der Waals surface area contributed by atoms with Crippen LogP contribution in [0.5, 0.6) is 0 Å². The smallest absolute Gasteiger partial charge is 0.407 e. The van der Waals surface area contributed by atoms with Gasteiger partial charge in [0.05, 0.1) is 10.2 Å². The molecule has 0 aliphatic heterocycles. The van der Waals surface area contributed by atoms with Gasteiger partial charge < -0.3 is 15.4 Å². The van der Waals surface area contributed by atoms with Crippen molar-refractivity contribution in [3.63, 3.8) is 0 Å². The number of hydrogen-bond acceptors (Lipinski definition) is 3. The molecule has 2 atom stereocenters. The Morgan fingerprint density at radius 2 is 1.87 bits per heavy atom. The van der Waals surface area contributed by atoms with Gasteiger partial charge in [-0.3, -0.25) is 0 Å². The topological polar surface area (TPSA) is 50.4 Å². The van der Waals surface area contributed by atoms with E-state index in [1.54, 1.807) is 20.8 Å². The maximum Gasteiger partial charge on any atom is 0.407 e. The van der Waals surface area contributed by atoms with Crippen molar-refractivity contribution in [1.82, 2.24) is 5.32 Å². The summed E-state index contributed by atoms with van der Waals surface area (Å²) in [6, 6.07) is 2.17. The third-order valence-corrected chi connectivity index (χ3v) is 4.13. The molecular formula is C16H21BrF2N2O2. The molecule has 2 N–H and O–H groups in total. The van der Waals surface area contributed by atoms with Crippen molar-refractivity contribution in [2.75, 3.05) is 5.32 Å². The minimum Gasteiger partial charge on any atom is -0.444 e. The van der Waals surface area contributed by atoms with Gasteiger partial charge in [0.25, 0.3) is 0 Å². The highest BCUT2D eigenvalue weighted by atomic mass is 79.9. The van der Waals surface area contributed by atoms with E-state index in [0.717, 1.165) is 25.0 Å². The zero-order chi connectivity index (χ0) is 17.2. The summed E-state index contributed by atoms with van der Waals surface area (Å²) in [5.41, 5.74) is -0.410. The van der Waals surface area contributed by atoms with E-state index >= 15 is 0 Å². The first kappa shape index (κ1) is 18.0. The number of ether oxygens (including phenoxy) is 1. The number of rotatable bonds is 3. The number of anilines is 1. The van der Waals surface area contributed by atoms with Crippen LogP contribution in [0, 0.1) is 11.6 Å². The highest BCUT2D eigenvalue weighted by Crippen LogP contribution is 2.28. The van der Waals surface area contributed by atoms with Crippen molar-refractivity contribution >= 4 is 27.7 Å². The van der Waals surface area contributed by atoms with E-state index in [0.29, 0.717) is 6.42 Å². The van der Waals surface area contributed by atoms with E-state index in [2.05, 4.69) is 26.6 Å². The van der Waals surface area contributed by atoms with Crippen LogP contribution in [-0.4, -0.2) is 23.8 Å². The minimum absolute atomic E-state index is 0.0231. The van der Waals surface area contributed by atoms with Gasteiger partial charge in [-0.15, -0.1) is 0 Å². The molecule has 0 aromatic heterocycles. The quantitative estimate of drug-likeness (QED) is 0.742. The normalized spacial score (nSPS) is 21.1. The Kier molecular flexibility index (Phi) is 5.49. The van der Waals surface area contributed by atoms with Gasteiger partial charge in [0.1, 0.15) is 17.2 Å². The monoisotopic (exact) mass is 390 g/mol. The molecule has 2 rings (SSSR count). The summed E-state index contributed by atoms with van der Waals surface area (Å²) in [5.74, 6) is -1.03. The SMILES string of the molecule is CC(C)(C)OC(=O)NC1CCC(Nc2cc(F)c(Br)cc2F)C1. The molecule has 1 amide bonds. The standard InChI is InChI=1S/C16H21BrF2N2O2/c1-16(2,3)23-15(22)21-10-5-4-9(6-10)20-14-8-12(18)11(17)7-13(14)19/h7-10,20H,4-6H2,1-3H3,(H,21,22).